The monoisotopic (exact) mass is 227 g/mol. The van der Waals surface area contributed by atoms with Crippen LogP contribution in [-0.2, 0) is 0 Å². The number of nitrogens with zero attached hydrogens (tertiary/aromatic N) is 3. The van der Waals surface area contributed by atoms with Gasteiger partial charge in [0, 0.05) is 32.7 Å². The first-order chi connectivity index (χ1) is 8.35. The second kappa shape index (κ2) is 5.51. The second-order valence-corrected chi connectivity index (χ2v) is 4.21. The number of piperazine rings is 1. The number of nitriles is 1. The summed E-state index contributed by atoms with van der Waals surface area (Å²) in [5, 5.41) is 9.08. The van der Waals surface area contributed by atoms with Gasteiger partial charge in [-0.25, -0.2) is 0 Å². The number of para-hydroxylation sites is 1. The summed E-state index contributed by atoms with van der Waals surface area (Å²) in [5.74, 6) is 0. The highest BCUT2D eigenvalue weighted by molar-refractivity contribution is 5.59. The van der Waals surface area contributed by atoms with Gasteiger partial charge in [0.1, 0.15) is 6.07 Å². The third-order valence-corrected chi connectivity index (χ3v) is 3.12. The van der Waals surface area contributed by atoms with E-state index in [1.165, 1.54) is 0 Å². The van der Waals surface area contributed by atoms with Crippen LogP contribution in [0, 0.1) is 11.3 Å². The van der Waals surface area contributed by atoms with E-state index >= 15 is 0 Å². The van der Waals surface area contributed by atoms with E-state index < -0.39 is 0 Å². The molecule has 0 aliphatic carbocycles. The van der Waals surface area contributed by atoms with Crippen LogP contribution in [-0.4, -0.2) is 37.6 Å². The number of benzene rings is 1. The molecule has 3 heteroatoms. The molecular weight excluding hydrogens is 210 g/mol. The molecule has 1 aliphatic rings. The molecule has 0 spiro atoms. The quantitative estimate of drug-likeness (QED) is 0.738. The highest BCUT2D eigenvalue weighted by Crippen LogP contribution is 2.20. The molecule has 0 aromatic heterocycles. The molecule has 1 aromatic carbocycles. The van der Waals surface area contributed by atoms with Crippen LogP contribution < -0.4 is 4.90 Å². The molecule has 0 atom stereocenters. The molecule has 0 N–H and O–H groups in total. The smallest absolute Gasteiger partial charge is 0.101 e. The Kier molecular flexibility index (Phi) is 3.79. The minimum absolute atomic E-state index is 0.768. The zero-order valence-corrected chi connectivity index (χ0v) is 9.97. The Labute approximate surface area is 103 Å². The molecule has 0 radical (unpaired) electrons. The first-order valence-electron chi connectivity index (χ1n) is 5.92. The molecule has 1 heterocycles. The van der Waals surface area contributed by atoms with Crippen molar-refractivity contribution in [2.75, 3.05) is 37.6 Å². The molecule has 17 heavy (non-hydrogen) atoms. The predicted octanol–water partition coefficient (Wildman–Crippen LogP) is 1.87. The van der Waals surface area contributed by atoms with Crippen molar-refractivity contribution in [1.29, 1.82) is 5.26 Å². The summed E-state index contributed by atoms with van der Waals surface area (Å²) in [4.78, 5) is 4.66. The fraction of sp³-hybridized carbons (Fsp3) is 0.357. The van der Waals surface area contributed by atoms with Crippen molar-refractivity contribution >= 4 is 5.69 Å². The molecule has 88 valence electrons. The Hall–Kier alpha value is -1.79. The fourth-order valence-electron chi connectivity index (χ4n) is 2.20. The molecule has 0 unspecified atom stereocenters. The minimum Gasteiger partial charge on any atom is -0.368 e. The van der Waals surface area contributed by atoms with E-state index in [1.54, 1.807) is 0 Å². The largest absolute Gasteiger partial charge is 0.368 e. The highest BCUT2D eigenvalue weighted by atomic mass is 15.3. The lowest BCUT2D eigenvalue weighted by molar-refractivity contribution is 0.284. The van der Waals surface area contributed by atoms with Crippen molar-refractivity contribution in [2.24, 2.45) is 0 Å². The van der Waals surface area contributed by atoms with E-state index in [0.717, 1.165) is 44.0 Å². The molecule has 3 nitrogen and oxygen atoms in total. The van der Waals surface area contributed by atoms with Gasteiger partial charge in [0.15, 0.2) is 0 Å². The van der Waals surface area contributed by atoms with Crippen molar-refractivity contribution < 1.29 is 0 Å². The number of rotatable bonds is 3. The van der Waals surface area contributed by atoms with Crippen LogP contribution in [0.5, 0.6) is 0 Å². The maximum absolute atomic E-state index is 9.08. The molecule has 0 amide bonds. The second-order valence-electron chi connectivity index (χ2n) is 4.21. The summed E-state index contributed by atoms with van der Waals surface area (Å²) in [6.07, 6.45) is 1.94. The van der Waals surface area contributed by atoms with Crippen LogP contribution >= 0.6 is 0 Å². The van der Waals surface area contributed by atoms with Gasteiger partial charge in [-0.2, -0.15) is 5.26 Å². The summed E-state index contributed by atoms with van der Waals surface area (Å²) < 4.78 is 0. The Balaban J connectivity index is 2.05. The maximum atomic E-state index is 9.08. The van der Waals surface area contributed by atoms with E-state index in [9.17, 15) is 0 Å². The van der Waals surface area contributed by atoms with E-state index in [4.69, 9.17) is 5.26 Å². The minimum atomic E-state index is 0.768. The van der Waals surface area contributed by atoms with Gasteiger partial charge in [0.25, 0.3) is 0 Å². The summed E-state index contributed by atoms with van der Waals surface area (Å²) >= 11 is 0. The van der Waals surface area contributed by atoms with Gasteiger partial charge in [0.05, 0.1) is 11.3 Å². The van der Waals surface area contributed by atoms with E-state index in [0.29, 0.717) is 0 Å². The molecule has 1 saturated heterocycles. The van der Waals surface area contributed by atoms with Crippen LogP contribution in [0.4, 0.5) is 5.69 Å². The van der Waals surface area contributed by atoms with Crippen LogP contribution in [0.15, 0.2) is 36.9 Å². The molecule has 0 saturated carbocycles. The van der Waals surface area contributed by atoms with Crippen LogP contribution in [0.3, 0.4) is 0 Å². The van der Waals surface area contributed by atoms with Crippen molar-refractivity contribution in [1.82, 2.24) is 4.90 Å². The first kappa shape index (κ1) is 11.7. The number of anilines is 1. The van der Waals surface area contributed by atoms with Gasteiger partial charge in [0.2, 0.25) is 0 Å². The number of hydrogen-bond donors (Lipinski definition) is 0. The van der Waals surface area contributed by atoms with Gasteiger partial charge in [-0.05, 0) is 12.1 Å². The van der Waals surface area contributed by atoms with Crippen LogP contribution in [0.1, 0.15) is 5.56 Å². The Morgan fingerprint density at radius 1 is 1.24 bits per heavy atom. The fourth-order valence-corrected chi connectivity index (χ4v) is 2.20. The molecule has 1 fully saturated rings. The van der Waals surface area contributed by atoms with Crippen molar-refractivity contribution in [3.63, 3.8) is 0 Å². The SMILES string of the molecule is C=CCN1CCN(c2ccccc2C#N)CC1. The van der Waals surface area contributed by atoms with Gasteiger partial charge >= 0.3 is 0 Å². The van der Waals surface area contributed by atoms with Crippen molar-refractivity contribution in [3.8, 4) is 6.07 Å². The topological polar surface area (TPSA) is 30.3 Å². The Bertz CT molecular complexity index is 425. The van der Waals surface area contributed by atoms with Gasteiger partial charge < -0.3 is 4.90 Å². The van der Waals surface area contributed by atoms with Gasteiger partial charge in [-0.1, -0.05) is 18.2 Å². The van der Waals surface area contributed by atoms with Gasteiger partial charge in [-0.3, -0.25) is 4.90 Å². The zero-order chi connectivity index (χ0) is 12.1. The number of hydrogen-bond acceptors (Lipinski definition) is 3. The predicted molar refractivity (Wildman–Crippen MR) is 70.0 cm³/mol. The highest BCUT2D eigenvalue weighted by Gasteiger charge is 2.17. The normalized spacial score (nSPS) is 16.5. The molecule has 2 rings (SSSR count). The van der Waals surface area contributed by atoms with E-state index in [2.05, 4.69) is 22.4 Å². The van der Waals surface area contributed by atoms with E-state index in [1.807, 2.05) is 30.3 Å². The zero-order valence-electron chi connectivity index (χ0n) is 9.97. The summed E-state index contributed by atoms with van der Waals surface area (Å²) in [6, 6.07) is 10.1. The molecule has 1 aromatic rings. The lowest BCUT2D eigenvalue weighted by Gasteiger charge is -2.35. The summed E-state index contributed by atoms with van der Waals surface area (Å²) in [5.41, 5.74) is 1.83. The van der Waals surface area contributed by atoms with Crippen LogP contribution in [0.2, 0.25) is 0 Å². The average molecular weight is 227 g/mol. The third-order valence-electron chi connectivity index (χ3n) is 3.12. The lowest BCUT2D eigenvalue weighted by Crippen LogP contribution is -2.46. The van der Waals surface area contributed by atoms with Crippen molar-refractivity contribution in [3.05, 3.63) is 42.5 Å². The van der Waals surface area contributed by atoms with Gasteiger partial charge in [-0.15, -0.1) is 6.58 Å². The molecule has 0 bridgehead atoms. The standard InChI is InChI=1S/C14H17N3/c1-2-7-16-8-10-17(11-9-16)14-6-4-3-5-13(14)12-15/h2-6H,1,7-11H2. The Morgan fingerprint density at radius 2 is 1.94 bits per heavy atom. The lowest BCUT2D eigenvalue weighted by atomic mass is 10.1. The maximum Gasteiger partial charge on any atom is 0.101 e. The average Bonchev–Trinajstić information content (AvgIpc) is 2.40. The molecule has 1 aliphatic heterocycles. The van der Waals surface area contributed by atoms with E-state index in [-0.39, 0.29) is 0 Å². The summed E-state index contributed by atoms with van der Waals surface area (Å²) in [7, 11) is 0. The Morgan fingerprint density at radius 3 is 2.59 bits per heavy atom. The van der Waals surface area contributed by atoms with Crippen LogP contribution in [0.25, 0.3) is 0 Å². The first-order valence-corrected chi connectivity index (χ1v) is 5.92. The third kappa shape index (κ3) is 2.66. The molecular formula is C14H17N3. The summed E-state index contributed by atoms with van der Waals surface area (Å²) in [6.45, 7) is 8.74. The van der Waals surface area contributed by atoms with Crippen molar-refractivity contribution in [2.45, 2.75) is 0 Å².